The normalized spacial score (nSPS) is 10.8. The Hall–Kier alpha value is -1.88. The van der Waals surface area contributed by atoms with E-state index in [0.29, 0.717) is 18.8 Å². The lowest BCUT2D eigenvalue weighted by atomic mass is 10.3. The molecule has 0 saturated heterocycles. The van der Waals surface area contributed by atoms with Crippen molar-refractivity contribution in [2.75, 3.05) is 20.3 Å². The van der Waals surface area contributed by atoms with Crippen molar-refractivity contribution in [1.82, 2.24) is 14.7 Å². The number of aromatic nitrogens is 2. The van der Waals surface area contributed by atoms with Gasteiger partial charge in [0.1, 0.15) is 11.3 Å². The largest absolute Gasteiger partial charge is 0.385 e. The molecule has 5 nitrogen and oxygen atoms in total. The summed E-state index contributed by atoms with van der Waals surface area (Å²) in [6, 6.07) is 3.87. The Morgan fingerprint density at radius 1 is 1.44 bits per heavy atom. The number of amides is 1. The van der Waals surface area contributed by atoms with Gasteiger partial charge in [0.15, 0.2) is 0 Å². The number of rotatable bonds is 5. The van der Waals surface area contributed by atoms with Crippen LogP contribution in [0.3, 0.4) is 0 Å². The molecule has 96 valence electrons. The molecule has 2 heterocycles. The molecule has 0 saturated carbocycles. The Kier molecular flexibility index (Phi) is 3.94. The number of nitrogens with one attached hydrogen (secondary N) is 1. The number of ether oxygens (including phenoxy) is 1. The summed E-state index contributed by atoms with van der Waals surface area (Å²) in [6.45, 7) is 3.24. The smallest absolute Gasteiger partial charge is 0.271 e. The summed E-state index contributed by atoms with van der Waals surface area (Å²) < 4.78 is 6.78. The van der Waals surface area contributed by atoms with Crippen molar-refractivity contribution in [2.24, 2.45) is 0 Å². The first-order chi connectivity index (χ1) is 8.70. The fourth-order valence-corrected chi connectivity index (χ4v) is 1.72. The fourth-order valence-electron chi connectivity index (χ4n) is 1.72. The average Bonchev–Trinajstić information content (AvgIpc) is 2.77. The van der Waals surface area contributed by atoms with Crippen LogP contribution < -0.4 is 5.32 Å². The molecule has 2 rings (SSSR count). The van der Waals surface area contributed by atoms with E-state index < -0.39 is 0 Å². The van der Waals surface area contributed by atoms with Gasteiger partial charge in [-0.05, 0) is 25.0 Å². The quantitative estimate of drug-likeness (QED) is 0.813. The Balaban J connectivity index is 2.04. The number of nitrogens with zero attached hydrogens (tertiary/aromatic N) is 2. The van der Waals surface area contributed by atoms with Gasteiger partial charge in [0, 0.05) is 32.7 Å². The van der Waals surface area contributed by atoms with Crippen molar-refractivity contribution in [3.63, 3.8) is 0 Å². The van der Waals surface area contributed by atoms with Crippen molar-refractivity contribution in [3.05, 3.63) is 35.8 Å². The van der Waals surface area contributed by atoms with E-state index >= 15 is 0 Å². The molecular formula is C13H17N3O2. The number of carbonyl (C=O) groups excluding carboxylic acids is 1. The van der Waals surface area contributed by atoms with Gasteiger partial charge in [0.05, 0.1) is 0 Å². The van der Waals surface area contributed by atoms with E-state index in [1.165, 1.54) is 0 Å². The summed E-state index contributed by atoms with van der Waals surface area (Å²) >= 11 is 0. The number of imidazole rings is 1. The van der Waals surface area contributed by atoms with Crippen molar-refractivity contribution < 1.29 is 9.53 Å². The standard InChI is InChI=1S/C13H17N3O2/c1-10-4-5-12-15-11(9-16(12)8-10)13(17)14-6-3-7-18-2/h4-5,8-9H,3,6-7H2,1-2H3,(H,14,17). The second-order valence-electron chi connectivity index (χ2n) is 4.20. The predicted molar refractivity (Wildman–Crippen MR) is 68.8 cm³/mol. The summed E-state index contributed by atoms with van der Waals surface area (Å²) in [7, 11) is 1.65. The maximum atomic E-state index is 11.8. The number of methoxy groups -OCH3 is 1. The van der Waals surface area contributed by atoms with Crippen LogP contribution in [0.4, 0.5) is 0 Å². The van der Waals surface area contributed by atoms with Gasteiger partial charge >= 0.3 is 0 Å². The van der Waals surface area contributed by atoms with Gasteiger partial charge < -0.3 is 14.5 Å². The van der Waals surface area contributed by atoms with Gasteiger partial charge in [-0.15, -0.1) is 0 Å². The predicted octanol–water partition coefficient (Wildman–Crippen LogP) is 1.41. The molecule has 0 radical (unpaired) electrons. The number of hydrogen-bond acceptors (Lipinski definition) is 3. The van der Waals surface area contributed by atoms with Crippen LogP contribution in [-0.4, -0.2) is 35.6 Å². The molecule has 0 spiro atoms. The molecule has 0 aliphatic heterocycles. The van der Waals surface area contributed by atoms with E-state index in [4.69, 9.17) is 4.74 Å². The second kappa shape index (κ2) is 5.64. The molecule has 0 bridgehead atoms. The molecule has 1 N–H and O–H groups in total. The topological polar surface area (TPSA) is 55.6 Å². The summed E-state index contributed by atoms with van der Waals surface area (Å²) in [5.74, 6) is -0.146. The maximum absolute atomic E-state index is 11.8. The van der Waals surface area contributed by atoms with Gasteiger partial charge in [-0.3, -0.25) is 4.79 Å². The van der Waals surface area contributed by atoms with Gasteiger partial charge in [-0.2, -0.15) is 0 Å². The zero-order chi connectivity index (χ0) is 13.0. The Labute approximate surface area is 106 Å². The monoisotopic (exact) mass is 247 g/mol. The minimum absolute atomic E-state index is 0.146. The molecule has 2 aromatic heterocycles. The maximum Gasteiger partial charge on any atom is 0.271 e. The highest BCUT2D eigenvalue weighted by atomic mass is 16.5. The molecular weight excluding hydrogens is 230 g/mol. The molecule has 0 aliphatic rings. The number of carbonyl (C=O) groups is 1. The van der Waals surface area contributed by atoms with Gasteiger partial charge in [0.2, 0.25) is 0 Å². The van der Waals surface area contributed by atoms with Crippen LogP contribution in [0.2, 0.25) is 0 Å². The van der Waals surface area contributed by atoms with E-state index in [-0.39, 0.29) is 5.91 Å². The van der Waals surface area contributed by atoms with Crippen LogP contribution in [0.15, 0.2) is 24.5 Å². The van der Waals surface area contributed by atoms with Crippen LogP contribution >= 0.6 is 0 Å². The van der Waals surface area contributed by atoms with Gasteiger partial charge in [-0.1, -0.05) is 6.07 Å². The van der Waals surface area contributed by atoms with E-state index in [9.17, 15) is 4.79 Å². The lowest BCUT2D eigenvalue weighted by Gasteiger charge is -2.01. The highest BCUT2D eigenvalue weighted by Gasteiger charge is 2.09. The molecule has 2 aromatic rings. The third-order valence-corrected chi connectivity index (χ3v) is 2.64. The number of hydrogen-bond donors (Lipinski definition) is 1. The first kappa shape index (κ1) is 12.6. The zero-order valence-corrected chi connectivity index (χ0v) is 10.6. The van der Waals surface area contributed by atoms with E-state index in [1.807, 2.05) is 29.7 Å². The SMILES string of the molecule is COCCCNC(=O)c1cn2cc(C)ccc2n1. The van der Waals surface area contributed by atoms with Gasteiger partial charge in [-0.25, -0.2) is 4.98 Å². The Morgan fingerprint density at radius 3 is 3.06 bits per heavy atom. The zero-order valence-electron chi connectivity index (χ0n) is 10.6. The van der Waals surface area contributed by atoms with Crippen LogP contribution in [0, 0.1) is 6.92 Å². The summed E-state index contributed by atoms with van der Waals surface area (Å²) in [5.41, 5.74) is 2.35. The molecule has 0 fully saturated rings. The first-order valence-corrected chi connectivity index (χ1v) is 5.93. The Bertz CT molecular complexity index is 548. The summed E-state index contributed by atoms with van der Waals surface area (Å²) in [4.78, 5) is 16.1. The highest BCUT2D eigenvalue weighted by Crippen LogP contribution is 2.07. The molecule has 0 aromatic carbocycles. The van der Waals surface area contributed by atoms with E-state index in [0.717, 1.165) is 17.6 Å². The van der Waals surface area contributed by atoms with Crippen LogP contribution in [0.5, 0.6) is 0 Å². The lowest BCUT2D eigenvalue weighted by Crippen LogP contribution is -2.25. The molecule has 0 unspecified atom stereocenters. The molecule has 5 heteroatoms. The third kappa shape index (κ3) is 2.87. The number of pyridine rings is 1. The number of aryl methyl sites for hydroxylation is 1. The lowest BCUT2D eigenvalue weighted by molar-refractivity contribution is 0.0944. The van der Waals surface area contributed by atoms with Crippen molar-refractivity contribution in [1.29, 1.82) is 0 Å². The van der Waals surface area contributed by atoms with Gasteiger partial charge in [0.25, 0.3) is 5.91 Å². The van der Waals surface area contributed by atoms with E-state index in [1.54, 1.807) is 13.3 Å². The minimum atomic E-state index is -0.146. The third-order valence-electron chi connectivity index (χ3n) is 2.64. The molecule has 1 amide bonds. The van der Waals surface area contributed by atoms with Crippen molar-refractivity contribution in [2.45, 2.75) is 13.3 Å². The van der Waals surface area contributed by atoms with Crippen LogP contribution in [-0.2, 0) is 4.74 Å². The summed E-state index contributed by atoms with van der Waals surface area (Å²) in [6.07, 6.45) is 4.49. The molecule has 0 atom stereocenters. The highest BCUT2D eigenvalue weighted by molar-refractivity contribution is 5.92. The average molecular weight is 247 g/mol. The number of fused-ring (bicyclic) bond motifs is 1. The fraction of sp³-hybridized carbons (Fsp3) is 0.385. The minimum Gasteiger partial charge on any atom is -0.385 e. The van der Waals surface area contributed by atoms with Crippen molar-refractivity contribution >= 4 is 11.6 Å². The van der Waals surface area contributed by atoms with Crippen LogP contribution in [0.1, 0.15) is 22.5 Å². The Morgan fingerprint density at radius 2 is 2.28 bits per heavy atom. The second-order valence-corrected chi connectivity index (χ2v) is 4.20. The molecule has 18 heavy (non-hydrogen) atoms. The van der Waals surface area contributed by atoms with Crippen molar-refractivity contribution in [3.8, 4) is 0 Å². The summed E-state index contributed by atoms with van der Waals surface area (Å²) in [5, 5.41) is 2.81. The van der Waals surface area contributed by atoms with Crippen LogP contribution in [0.25, 0.3) is 5.65 Å². The van der Waals surface area contributed by atoms with E-state index in [2.05, 4.69) is 10.3 Å². The first-order valence-electron chi connectivity index (χ1n) is 5.93. The molecule has 0 aliphatic carbocycles.